The molecule has 3 rings (SSSR count). The second kappa shape index (κ2) is 8.60. The fourth-order valence-corrected chi connectivity index (χ4v) is 3.44. The van der Waals surface area contributed by atoms with E-state index in [0.29, 0.717) is 18.7 Å². The molecule has 0 aromatic heterocycles. The highest BCUT2D eigenvalue weighted by atomic mass is 16.3. The summed E-state index contributed by atoms with van der Waals surface area (Å²) in [5.41, 5.74) is 3.30. The highest BCUT2D eigenvalue weighted by molar-refractivity contribution is 6.07. The smallest absolute Gasteiger partial charge is 0.172 e. The van der Waals surface area contributed by atoms with Gasteiger partial charge in [0.05, 0.1) is 22.8 Å². The first kappa shape index (κ1) is 19.5. The molecule has 1 N–H and O–H groups in total. The van der Waals surface area contributed by atoms with E-state index in [1.807, 2.05) is 59.5 Å². The average molecular weight is 376 g/mol. The molecule has 2 heterocycles. The number of para-hydroxylation sites is 2. The number of anilines is 1. The van der Waals surface area contributed by atoms with Crippen molar-refractivity contribution in [1.82, 2.24) is 10.0 Å². The Morgan fingerprint density at radius 1 is 1.14 bits per heavy atom. The van der Waals surface area contributed by atoms with Gasteiger partial charge in [-0.1, -0.05) is 25.5 Å². The molecule has 144 valence electrons. The molecule has 28 heavy (non-hydrogen) atoms. The summed E-state index contributed by atoms with van der Waals surface area (Å²) in [6.45, 7) is 3.55. The first-order valence-electron chi connectivity index (χ1n) is 9.50. The van der Waals surface area contributed by atoms with Gasteiger partial charge >= 0.3 is 0 Å². The Morgan fingerprint density at radius 3 is 2.57 bits per heavy atom. The Morgan fingerprint density at radius 2 is 1.89 bits per heavy atom. The quantitative estimate of drug-likeness (QED) is 0.768. The number of likely N-dealkylation sites (N-methyl/N-ethyl adjacent to an activating group) is 1. The van der Waals surface area contributed by atoms with E-state index >= 15 is 0 Å². The molecule has 0 radical (unpaired) electrons. The molecule has 2 aliphatic rings. The minimum absolute atomic E-state index is 0.0662. The molecule has 0 aliphatic carbocycles. The predicted octanol–water partition coefficient (Wildman–Crippen LogP) is 3.07. The van der Waals surface area contributed by atoms with Crippen LogP contribution in [-0.4, -0.2) is 47.7 Å². The predicted molar refractivity (Wildman–Crippen MR) is 108 cm³/mol. The first-order chi connectivity index (χ1) is 13.7. The zero-order valence-electron chi connectivity index (χ0n) is 16.3. The summed E-state index contributed by atoms with van der Waals surface area (Å²) < 4.78 is 0. The molecule has 7 nitrogen and oxygen atoms in total. The summed E-state index contributed by atoms with van der Waals surface area (Å²) in [4.78, 5) is 7.01. The van der Waals surface area contributed by atoms with Crippen LogP contribution in [0.1, 0.15) is 26.2 Å². The lowest BCUT2D eigenvalue weighted by atomic mass is 10.1. The molecule has 0 saturated carbocycles. The van der Waals surface area contributed by atoms with Crippen molar-refractivity contribution in [2.75, 3.05) is 31.6 Å². The molecule has 0 unspecified atom stereocenters. The molecule has 2 aliphatic heterocycles. The molecule has 0 bridgehead atoms. The van der Waals surface area contributed by atoms with Crippen LogP contribution in [0.15, 0.2) is 52.3 Å². The fraction of sp³-hybridized carbons (Fsp3) is 0.381. The molecular weight excluding hydrogens is 352 g/mol. The van der Waals surface area contributed by atoms with Crippen LogP contribution in [0.4, 0.5) is 11.4 Å². The number of rotatable bonds is 6. The molecule has 0 amide bonds. The summed E-state index contributed by atoms with van der Waals surface area (Å²) in [6, 6.07) is 11.9. The standard InChI is InChI=1S/C21H24N6O/c1-3-4-11-27-21-20(13-19(25(27)2)16(14-22)15-23)26(10-7-12-28)18-9-6-5-8-17(18)24-21/h5-6,8-9,13,28H,3-4,7,10-12H2,1-2H3. The highest BCUT2D eigenvalue weighted by Gasteiger charge is 2.35. The van der Waals surface area contributed by atoms with Crippen LogP contribution in [0.3, 0.4) is 0 Å². The number of benzene rings is 1. The molecule has 1 aromatic carbocycles. The van der Waals surface area contributed by atoms with Gasteiger partial charge in [-0.2, -0.15) is 10.5 Å². The van der Waals surface area contributed by atoms with Crippen molar-refractivity contribution in [3.05, 3.63) is 47.3 Å². The lowest BCUT2D eigenvalue weighted by Crippen LogP contribution is -2.51. The molecule has 7 heteroatoms. The Hall–Kier alpha value is -3.29. The van der Waals surface area contributed by atoms with E-state index in [4.69, 9.17) is 4.99 Å². The number of amidine groups is 1. The second-order valence-electron chi connectivity index (χ2n) is 6.67. The third kappa shape index (κ3) is 3.45. The third-order valence-electron chi connectivity index (χ3n) is 4.89. The van der Waals surface area contributed by atoms with Gasteiger partial charge in [0.25, 0.3) is 0 Å². The van der Waals surface area contributed by atoms with Gasteiger partial charge < -0.3 is 10.0 Å². The summed E-state index contributed by atoms with van der Waals surface area (Å²) in [5, 5.41) is 32.1. The normalized spacial score (nSPS) is 15.2. The number of nitrogens with zero attached hydrogens (tertiary/aromatic N) is 6. The van der Waals surface area contributed by atoms with Crippen molar-refractivity contribution in [2.24, 2.45) is 4.99 Å². The van der Waals surface area contributed by atoms with E-state index in [9.17, 15) is 15.6 Å². The maximum atomic E-state index is 9.44. The molecular formula is C21H24N6O. The van der Waals surface area contributed by atoms with E-state index in [0.717, 1.165) is 42.3 Å². The minimum Gasteiger partial charge on any atom is -0.396 e. The summed E-state index contributed by atoms with van der Waals surface area (Å²) >= 11 is 0. The zero-order chi connectivity index (χ0) is 20.1. The minimum atomic E-state index is 0.0662. The number of hydrazine groups is 1. The lowest BCUT2D eigenvalue weighted by molar-refractivity contribution is 0.117. The number of aliphatic imine (C=N–C) groups is 1. The van der Waals surface area contributed by atoms with Crippen LogP contribution in [-0.2, 0) is 0 Å². The third-order valence-corrected chi connectivity index (χ3v) is 4.89. The van der Waals surface area contributed by atoms with Crippen LogP contribution < -0.4 is 4.90 Å². The maximum absolute atomic E-state index is 9.44. The number of unbranched alkanes of at least 4 members (excludes halogenated alkanes) is 1. The largest absolute Gasteiger partial charge is 0.396 e. The molecule has 0 atom stereocenters. The zero-order valence-corrected chi connectivity index (χ0v) is 16.3. The Labute approximate surface area is 165 Å². The highest BCUT2D eigenvalue weighted by Crippen LogP contribution is 2.39. The topological polar surface area (TPSA) is 89.9 Å². The van der Waals surface area contributed by atoms with Crippen LogP contribution in [0.5, 0.6) is 0 Å². The molecule has 0 fully saturated rings. The van der Waals surface area contributed by atoms with Crippen molar-refractivity contribution in [3.8, 4) is 12.1 Å². The van der Waals surface area contributed by atoms with Gasteiger partial charge in [0.1, 0.15) is 12.1 Å². The van der Waals surface area contributed by atoms with Crippen molar-refractivity contribution in [2.45, 2.75) is 26.2 Å². The fourth-order valence-electron chi connectivity index (χ4n) is 3.44. The molecule has 0 spiro atoms. The maximum Gasteiger partial charge on any atom is 0.172 e. The van der Waals surface area contributed by atoms with Crippen LogP contribution in [0.2, 0.25) is 0 Å². The van der Waals surface area contributed by atoms with Crippen molar-refractivity contribution >= 4 is 17.2 Å². The molecule has 1 aromatic rings. The van der Waals surface area contributed by atoms with Crippen molar-refractivity contribution < 1.29 is 5.11 Å². The second-order valence-corrected chi connectivity index (χ2v) is 6.67. The van der Waals surface area contributed by atoms with E-state index in [1.165, 1.54) is 0 Å². The van der Waals surface area contributed by atoms with E-state index < -0.39 is 0 Å². The lowest BCUT2D eigenvalue weighted by Gasteiger charge is -2.45. The number of nitriles is 2. The average Bonchev–Trinajstić information content (AvgIpc) is 2.72. The number of hydrogen-bond donors (Lipinski definition) is 1. The SMILES string of the molecule is CCCCN1C2=Nc3ccccc3N(CCCO)C2=CC(=C(C#N)C#N)N1C. The van der Waals surface area contributed by atoms with Crippen molar-refractivity contribution in [3.63, 3.8) is 0 Å². The Bertz CT molecular complexity index is 902. The van der Waals surface area contributed by atoms with Gasteiger partial charge in [0.2, 0.25) is 0 Å². The Balaban J connectivity index is 2.21. The summed E-state index contributed by atoms with van der Waals surface area (Å²) in [7, 11) is 1.86. The van der Waals surface area contributed by atoms with Gasteiger partial charge in [-0.3, -0.25) is 10.0 Å². The van der Waals surface area contributed by atoms with Crippen LogP contribution in [0, 0.1) is 22.7 Å². The summed E-state index contributed by atoms with van der Waals surface area (Å²) in [6.07, 6.45) is 4.43. The van der Waals surface area contributed by atoms with Crippen LogP contribution in [0.25, 0.3) is 0 Å². The number of hydrogen-bond acceptors (Lipinski definition) is 7. The Kier molecular flexibility index (Phi) is 5.98. The van der Waals surface area contributed by atoms with Gasteiger partial charge in [-0.05, 0) is 31.1 Å². The summed E-state index contributed by atoms with van der Waals surface area (Å²) in [5.74, 6) is 0.798. The first-order valence-corrected chi connectivity index (χ1v) is 9.50. The van der Waals surface area contributed by atoms with E-state index in [1.54, 1.807) is 0 Å². The number of fused-ring (bicyclic) bond motifs is 2. The van der Waals surface area contributed by atoms with Gasteiger partial charge in [-0.15, -0.1) is 0 Å². The van der Waals surface area contributed by atoms with E-state index in [2.05, 4.69) is 11.8 Å². The number of allylic oxidation sites excluding steroid dienone is 2. The van der Waals surface area contributed by atoms with E-state index in [-0.39, 0.29) is 12.2 Å². The number of aliphatic hydroxyl groups excluding tert-OH is 1. The van der Waals surface area contributed by atoms with Gasteiger partial charge in [-0.25, -0.2) is 4.99 Å². The molecule has 0 saturated heterocycles. The van der Waals surface area contributed by atoms with Gasteiger partial charge in [0, 0.05) is 26.7 Å². The number of aliphatic hydroxyl groups is 1. The van der Waals surface area contributed by atoms with Crippen LogP contribution >= 0.6 is 0 Å². The van der Waals surface area contributed by atoms with Crippen molar-refractivity contribution in [1.29, 1.82) is 10.5 Å². The van der Waals surface area contributed by atoms with Gasteiger partial charge in [0.15, 0.2) is 11.4 Å². The monoisotopic (exact) mass is 376 g/mol.